The predicted octanol–water partition coefficient (Wildman–Crippen LogP) is 0.546. The number of rotatable bonds is 3. The Balaban J connectivity index is 1.86. The van der Waals surface area contributed by atoms with Gasteiger partial charge in [-0.3, -0.25) is 25.2 Å². The summed E-state index contributed by atoms with van der Waals surface area (Å²) in [5, 5.41) is 4.65. The molecule has 2 N–H and O–H groups in total. The maximum Gasteiger partial charge on any atom is 0.316 e. The van der Waals surface area contributed by atoms with Crippen molar-refractivity contribution in [3.05, 3.63) is 21.3 Å². The van der Waals surface area contributed by atoms with E-state index in [1.165, 1.54) is 11.3 Å². The maximum atomic E-state index is 10.8. The molecule has 0 bridgehead atoms. The van der Waals surface area contributed by atoms with Gasteiger partial charge in [-0.25, -0.2) is 0 Å². The van der Waals surface area contributed by atoms with Crippen molar-refractivity contribution in [3.8, 4) is 0 Å². The van der Waals surface area contributed by atoms with Gasteiger partial charge in [0.15, 0.2) is 0 Å². The molecule has 1 aromatic heterocycles. The van der Waals surface area contributed by atoms with Crippen molar-refractivity contribution < 1.29 is 9.59 Å². The normalized spacial score (nSPS) is 14.9. The van der Waals surface area contributed by atoms with Crippen LogP contribution in [0.15, 0.2) is 17.1 Å². The van der Waals surface area contributed by atoms with Crippen LogP contribution in [0.2, 0.25) is 4.34 Å². The Kier molecular flexibility index (Phi) is 3.21. The summed E-state index contributed by atoms with van der Waals surface area (Å²) in [6, 6.07) is 3.76. The van der Waals surface area contributed by atoms with Crippen LogP contribution in [0.5, 0.6) is 0 Å². The van der Waals surface area contributed by atoms with E-state index < -0.39 is 11.8 Å². The first-order valence-corrected chi connectivity index (χ1v) is 5.75. The summed E-state index contributed by atoms with van der Waals surface area (Å²) in [4.78, 5) is 26.8. The topological polar surface area (TPSA) is 70.6 Å². The first-order valence-electron chi connectivity index (χ1n) is 4.56. The Morgan fingerprint density at radius 3 is 2.50 bits per heavy atom. The zero-order valence-electron chi connectivity index (χ0n) is 8.12. The van der Waals surface area contributed by atoms with Crippen LogP contribution in [0.25, 0.3) is 0 Å². The molecule has 0 aromatic carbocycles. The summed E-state index contributed by atoms with van der Waals surface area (Å²) in [6.45, 7) is 0.493. The smallest absolute Gasteiger partial charge is 0.288 e. The number of hydrogen-bond donors (Lipinski definition) is 2. The minimum atomic E-state index is -0.669. The van der Waals surface area contributed by atoms with E-state index in [1.807, 2.05) is 12.1 Å². The number of guanidine groups is 1. The van der Waals surface area contributed by atoms with Crippen molar-refractivity contribution in [2.45, 2.75) is 6.42 Å². The number of aliphatic imine (C=N–C) groups is 1. The summed E-state index contributed by atoms with van der Waals surface area (Å²) < 4.78 is 0.741. The molecular formula is C9H8ClN3O2S. The number of carbonyl (C=O) groups excluding carboxylic acids is 2. The first-order chi connectivity index (χ1) is 7.65. The van der Waals surface area contributed by atoms with E-state index in [2.05, 4.69) is 15.6 Å². The highest BCUT2D eigenvalue weighted by molar-refractivity contribution is 7.16. The van der Waals surface area contributed by atoms with Crippen molar-refractivity contribution in [3.63, 3.8) is 0 Å². The van der Waals surface area contributed by atoms with Crippen LogP contribution in [0.4, 0.5) is 0 Å². The van der Waals surface area contributed by atoms with E-state index in [0.717, 1.165) is 15.6 Å². The van der Waals surface area contributed by atoms with Gasteiger partial charge in [-0.2, -0.15) is 0 Å². The number of amides is 2. The van der Waals surface area contributed by atoms with Crippen LogP contribution in [0.3, 0.4) is 0 Å². The van der Waals surface area contributed by atoms with Gasteiger partial charge in [-0.1, -0.05) is 11.6 Å². The number of halogens is 1. The lowest BCUT2D eigenvalue weighted by atomic mass is 10.3. The molecule has 1 aliphatic rings. The number of hydrogen-bond acceptors (Lipinski definition) is 4. The summed E-state index contributed by atoms with van der Waals surface area (Å²) in [7, 11) is 0. The first kappa shape index (κ1) is 11.1. The van der Waals surface area contributed by atoms with E-state index in [9.17, 15) is 9.59 Å². The lowest BCUT2D eigenvalue weighted by molar-refractivity contribution is -0.135. The summed E-state index contributed by atoms with van der Waals surface area (Å²) in [5.41, 5.74) is 0. The van der Waals surface area contributed by atoms with Crippen molar-refractivity contribution in [2.24, 2.45) is 4.99 Å². The van der Waals surface area contributed by atoms with Gasteiger partial charge < -0.3 is 0 Å². The molecule has 2 amide bonds. The van der Waals surface area contributed by atoms with Crippen molar-refractivity contribution >= 4 is 40.7 Å². The van der Waals surface area contributed by atoms with E-state index in [-0.39, 0.29) is 5.96 Å². The minimum absolute atomic E-state index is 0.220. The van der Waals surface area contributed by atoms with Gasteiger partial charge in [0.1, 0.15) is 0 Å². The summed E-state index contributed by atoms with van der Waals surface area (Å²) >= 11 is 7.27. The van der Waals surface area contributed by atoms with E-state index >= 15 is 0 Å². The Hall–Kier alpha value is -1.40. The number of carbonyl (C=O) groups is 2. The minimum Gasteiger partial charge on any atom is -0.288 e. The average molecular weight is 258 g/mol. The SMILES string of the molecule is O=C1NC(=NCCc2ccc(Cl)s2)NC1=O. The molecule has 1 fully saturated rings. The van der Waals surface area contributed by atoms with Crippen molar-refractivity contribution in [1.29, 1.82) is 0 Å². The predicted molar refractivity (Wildman–Crippen MR) is 61.6 cm³/mol. The zero-order valence-corrected chi connectivity index (χ0v) is 9.69. The molecule has 1 aromatic rings. The Labute approximate surface area is 101 Å². The monoisotopic (exact) mass is 257 g/mol. The van der Waals surface area contributed by atoms with Crippen molar-refractivity contribution in [2.75, 3.05) is 6.54 Å². The van der Waals surface area contributed by atoms with Gasteiger partial charge >= 0.3 is 11.8 Å². The Bertz CT molecular complexity index is 451. The molecule has 1 saturated heterocycles. The second-order valence-corrected chi connectivity index (χ2v) is 4.89. The highest BCUT2D eigenvalue weighted by Crippen LogP contribution is 2.21. The quantitative estimate of drug-likeness (QED) is 0.776. The fourth-order valence-electron chi connectivity index (χ4n) is 1.20. The summed E-state index contributed by atoms with van der Waals surface area (Å²) in [5.74, 6) is -1.12. The van der Waals surface area contributed by atoms with Crippen LogP contribution in [0, 0.1) is 0 Å². The lowest BCUT2D eigenvalue weighted by Crippen LogP contribution is -2.26. The Morgan fingerprint density at radius 2 is 1.94 bits per heavy atom. The van der Waals surface area contributed by atoms with Gasteiger partial charge in [0.2, 0.25) is 5.96 Å². The molecule has 2 heterocycles. The maximum absolute atomic E-state index is 10.8. The fourth-order valence-corrected chi connectivity index (χ4v) is 2.28. The molecule has 1 aliphatic heterocycles. The van der Waals surface area contributed by atoms with Crippen molar-refractivity contribution in [1.82, 2.24) is 10.6 Å². The summed E-state index contributed by atoms with van der Waals surface area (Å²) in [6.07, 6.45) is 0.729. The number of thiophene rings is 1. The highest BCUT2D eigenvalue weighted by atomic mass is 35.5. The third-order valence-electron chi connectivity index (χ3n) is 1.93. The molecule has 84 valence electrons. The molecule has 16 heavy (non-hydrogen) atoms. The number of nitrogens with zero attached hydrogens (tertiary/aromatic N) is 1. The second kappa shape index (κ2) is 4.63. The molecule has 0 saturated carbocycles. The largest absolute Gasteiger partial charge is 0.316 e. The van der Waals surface area contributed by atoms with E-state index in [4.69, 9.17) is 11.6 Å². The molecule has 0 spiro atoms. The Morgan fingerprint density at radius 1 is 1.25 bits per heavy atom. The molecule has 5 nitrogen and oxygen atoms in total. The second-order valence-electron chi connectivity index (χ2n) is 3.09. The van der Waals surface area contributed by atoms with Gasteiger partial charge in [0, 0.05) is 17.8 Å². The van der Waals surface area contributed by atoms with Gasteiger partial charge in [0.05, 0.1) is 4.34 Å². The van der Waals surface area contributed by atoms with Crippen LogP contribution >= 0.6 is 22.9 Å². The molecule has 0 radical (unpaired) electrons. The molecule has 0 atom stereocenters. The van der Waals surface area contributed by atoms with Gasteiger partial charge in [-0.05, 0) is 12.1 Å². The fraction of sp³-hybridized carbons (Fsp3) is 0.222. The molecular weight excluding hydrogens is 250 g/mol. The van der Waals surface area contributed by atoms with E-state index in [0.29, 0.717) is 6.54 Å². The third-order valence-corrected chi connectivity index (χ3v) is 3.22. The zero-order chi connectivity index (χ0) is 11.5. The standard InChI is InChI=1S/C9H8ClN3O2S/c10-6-2-1-5(16-6)3-4-11-9-12-7(14)8(15)13-9/h1-2H,3-4H2,(H2,11,12,13,14,15). The van der Waals surface area contributed by atoms with Gasteiger partial charge in [0.25, 0.3) is 0 Å². The molecule has 0 aliphatic carbocycles. The molecule has 2 rings (SSSR count). The van der Waals surface area contributed by atoms with Gasteiger partial charge in [-0.15, -0.1) is 11.3 Å². The molecule has 7 heteroatoms. The third kappa shape index (κ3) is 2.59. The van der Waals surface area contributed by atoms with E-state index in [1.54, 1.807) is 0 Å². The highest BCUT2D eigenvalue weighted by Gasteiger charge is 2.24. The van der Waals surface area contributed by atoms with Crippen LogP contribution in [-0.2, 0) is 16.0 Å². The number of nitrogens with one attached hydrogen (secondary N) is 2. The van der Waals surface area contributed by atoms with Crippen LogP contribution in [0.1, 0.15) is 4.88 Å². The van der Waals surface area contributed by atoms with Crippen LogP contribution in [-0.4, -0.2) is 24.3 Å². The van der Waals surface area contributed by atoms with Crippen LogP contribution < -0.4 is 10.6 Å². The molecule has 0 unspecified atom stereocenters. The average Bonchev–Trinajstić information content (AvgIpc) is 2.75. The lowest BCUT2D eigenvalue weighted by Gasteiger charge is -1.95.